The van der Waals surface area contributed by atoms with Crippen LogP contribution in [0.3, 0.4) is 0 Å². The number of amides is 3. The van der Waals surface area contributed by atoms with E-state index in [1.807, 2.05) is 0 Å². The van der Waals surface area contributed by atoms with Crippen molar-refractivity contribution in [2.75, 3.05) is 39.3 Å². The van der Waals surface area contributed by atoms with Crippen molar-refractivity contribution in [2.24, 2.45) is 5.92 Å². The van der Waals surface area contributed by atoms with E-state index in [4.69, 9.17) is 31.0 Å². The van der Waals surface area contributed by atoms with Crippen LogP contribution in [0.4, 0.5) is 18.0 Å². The smallest absolute Gasteiger partial charge is 0.481 e. The minimum Gasteiger partial charge on any atom is -0.481 e. The maximum atomic E-state index is 13.1. The van der Waals surface area contributed by atoms with E-state index < -0.39 is 54.0 Å². The van der Waals surface area contributed by atoms with Crippen LogP contribution in [0.5, 0.6) is 5.75 Å². The lowest BCUT2D eigenvalue weighted by Crippen LogP contribution is -2.53. The summed E-state index contributed by atoms with van der Waals surface area (Å²) in [5, 5.41) is 30.0. The number of nitrogens with one attached hydrogen (secondary N) is 1. The summed E-state index contributed by atoms with van der Waals surface area (Å²) in [7, 11) is 0. The second-order valence-corrected chi connectivity index (χ2v) is 11.1. The van der Waals surface area contributed by atoms with Gasteiger partial charge in [-0.1, -0.05) is 41.9 Å². The predicted octanol–water partition coefficient (Wildman–Crippen LogP) is 3.85. The molecule has 4 rings (SSSR count). The number of halogens is 4. The molecule has 3 amide bonds. The molecule has 1 fully saturated rings. The van der Waals surface area contributed by atoms with Gasteiger partial charge in [-0.15, -0.1) is 0 Å². The van der Waals surface area contributed by atoms with Crippen molar-refractivity contribution in [1.29, 1.82) is 0 Å². The summed E-state index contributed by atoms with van der Waals surface area (Å²) in [6, 6.07) is 14.3. The quantitative estimate of drug-likeness (QED) is 0.207. The molecule has 0 aliphatic carbocycles. The first-order valence-electron chi connectivity index (χ1n) is 15.1. The predicted molar refractivity (Wildman–Crippen MR) is 171 cm³/mol. The molecule has 19 heteroatoms. The highest BCUT2D eigenvalue weighted by Gasteiger charge is 2.38. The molecule has 2 atom stereocenters. The van der Waals surface area contributed by atoms with Crippen molar-refractivity contribution >= 4 is 58.3 Å². The fraction of sp³-hybridized carbons (Fsp3) is 0.344. The Morgan fingerprint density at radius 1 is 0.922 bits per heavy atom. The van der Waals surface area contributed by atoms with Gasteiger partial charge in [0.2, 0.25) is 12.0 Å². The number of carboxylic acid groups (broad SMARTS) is 3. The summed E-state index contributed by atoms with van der Waals surface area (Å²) in [6.07, 6.45) is -7.15. The highest BCUT2D eigenvalue weighted by atomic mass is 35.5. The number of carboxylic acids is 3. The number of pyridine rings is 1. The van der Waals surface area contributed by atoms with Crippen LogP contribution in [0.25, 0.3) is 10.9 Å². The minimum atomic E-state index is -5.08. The number of nitrogens with zero attached hydrogens (tertiary/aromatic N) is 3. The standard InChI is InChI=1S/C30H31ClN4O9.C2HF3O2/c1-2-43-30(42)35-14-12-34(13-15-35)27(37)21(28(38)39)10-11-32-26(36)23-17-24(20-9-8-19(31)16-22(20)33-23)44-25(29(40)41)18-6-4-3-5-7-18;3-2(4,5)1(6)7/h3-9,16-17,21,25H,2,10-15H2,1H3,(H,32,36)(H,38,39)(H,40,41);(H,6,7). The number of alkyl halides is 3. The van der Waals surface area contributed by atoms with E-state index in [2.05, 4.69) is 10.3 Å². The zero-order valence-electron chi connectivity index (χ0n) is 26.8. The number of hydrogen-bond donors (Lipinski definition) is 4. The van der Waals surface area contributed by atoms with Crippen LogP contribution >= 0.6 is 11.6 Å². The summed E-state index contributed by atoms with van der Waals surface area (Å²) in [6.45, 7) is 2.47. The number of rotatable bonds is 11. The van der Waals surface area contributed by atoms with Gasteiger partial charge in [0.15, 0.2) is 0 Å². The molecule has 0 bridgehead atoms. The Kier molecular flexibility index (Phi) is 13.9. The van der Waals surface area contributed by atoms with E-state index in [1.165, 1.54) is 21.9 Å². The minimum absolute atomic E-state index is 0.0774. The third-order valence-corrected chi connectivity index (χ3v) is 7.45. The maximum Gasteiger partial charge on any atom is 0.490 e. The van der Waals surface area contributed by atoms with E-state index in [1.54, 1.807) is 49.4 Å². The van der Waals surface area contributed by atoms with Crippen molar-refractivity contribution < 1.29 is 66.7 Å². The average Bonchev–Trinajstić information content (AvgIpc) is 3.08. The number of aliphatic carboxylic acids is 3. The SMILES string of the molecule is CCOC(=O)N1CCN(C(=O)C(CCNC(=O)c2cc(OC(C(=O)O)c3ccccc3)c3ccc(Cl)cc3n2)C(=O)O)CC1.O=C(O)C(F)(F)F. The average molecular weight is 741 g/mol. The van der Waals surface area contributed by atoms with Crippen LogP contribution in [0.15, 0.2) is 54.6 Å². The Bertz CT molecular complexity index is 1750. The van der Waals surface area contributed by atoms with Gasteiger partial charge in [0.1, 0.15) is 17.4 Å². The first-order chi connectivity index (χ1) is 24.0. The van der Waals surface area contributed by atoms with Crippen molar-refractivity contribution in [2.45, 2.75) is 25.6 Å². The fourth-order valence-corrected chi connectivity index (χ4v) is 4.88. The lowest BCUT2D eigenvalue weighted by molar-refractivity contribution is -0.192. The van der Waals surface area contributed by atoms with Crippen molar-refractivity contribution in [3.63, 3.8) is 0 Å². The van der Waals surface area contributed by atoms with Crippen molar-refractivity contribution in [3.05, 3.63) is 70.9 Å². The van der Waals surface area contributed by atoms with Crippen molar-refractivity contribution in [3.8, 4) is 5.75 Å². The number of hydrogen-bond acceptors (Lipinski definition) is 9. The molecule has 2 heterocycles. The molecule has 0 radical (unpaired) electrons. The summed E-state index contributed by atoms with van der Waals surface area (Å²) in [5.74, 6) is -8.00. The lowest BCUT2D eigenvalue weighted by atomic mass is 10.0. The van der Waals surface area contributed by atoms with Crippen molar-refractivity contribution in [1.82, 2.24) is 20.1 Å². The zero-order chi connectivity index (χ0) is 37.9. The Labute approximate surface area is 292 Å². The number of benzene rings is 2. The first-order valence-corrected chi connectivity index (χ1v) is 15.5. The molecular formula is C32H32ClF3N4O11. The third kappa shape index (κ3) is 11.2. The summed E-state index contributed by atoms with van der Waals surface area (Å²) < 4.78 is 42.6. The number of aromatic nitrogens is 1. The molecule has 1 aromatic heterocycles. The van der Waals surface area contributed by atoms with Gasteiger partial charge in [0.05, 0.1) is 12.1 Å². The molecule has 15 nitrogen and oxygen atoms in total. The molecule has 0 spiro atoms. The molecule has 0 saturated carbocycles. The molecular weight excluding hydrogens is 709 g/mol. The molecule has 2 aromatic carbocycles. The Morgan fingerprint density at radius 2 is 1.53 bits per heavy atom. The normalized spacial score (nSPS) is 14.0. The van der Waals surface area contributed by atoms with Gasteiger partial charge in [0.25, 0.3) is 5.91 Å². The number of ether oxygens (including phenoxy) is 2. The van der Waals surface area contributed by atoms with E-state index >= 15 is 0 Å². The molecule has 1 saturated heterocycles. The van der Waals surface area contributed by atoms with Crippen LogP contribution in [0.2, 0.25) is 5.02 Å². The Morgan fingerprint density at radius 3 is 2.08 bits per heavy atom. The van der Waals surface area contributed by atoms with Crippen LogP contribution in [0.1, 0.15) is 35.5 Å². The third-order valence-electron chi connectivity index (χ3n) is 7.21. The summed E-state index contributed by atoms with van der Waals surface area (Å²) in [5.41, 5.74) is 0.537. The van der Waals surface area contributed by atoms with E-state index in [0.717, 1.165) is 0 Å². The van der Waals surface area contributed by atoms with Gasteiger partial charge < -0.3 is 39.9 Å². The number of carbonyl (C=O) groups excluding carboxylic acids is 3. The maximum absolute atomic E-state index is 13.1. The fourth-order valence-electron chi connectivity index (χ4n) is 4.72. The van der Waals surface area contributed by atoms with Crippen LogP contribution < -0.4 is 10.1 Å². The van der Waals surface area contributed by atoms with Gasteiger partial charge in [-0.05, 0) is 31.5 Å². The van der Waals surface area contributed by atoms with Gasteiger partial charge >= 0.3 is 30.2 Å². The topological polar surface area (TPSA) is 213 Å². The van der Waals surface area contributed by atoms with Gasteiger partial charge in [-0.25, -0.2) is 19.4 Å². The highest BCUT2D eigenvalue weighted by Crippen LogP contribution is 2.32. The highest BCUT2D eigenvalue weighted by molar-refractivity contribution is 6.31. The van der Waals surface area contributed by atoms with E-state index in [0.29, 0.717) is 16.0 Å². The molecule has 3 aromatic rings. The number of piperazine rings is 1. The molecule has 2 unspecified atom stereocenters. The van der Waals surface area contributed by atoms with E-state index in [9.17, 15) is 47.4 Å². The molecule has 274 valence electrons. The van der Waals surface area contributed by atoms with E-state index in [-0.39, 0.29) is 62.7 Å². The molecule has 4 N–H and O–H groups in total. The summed E-state index contributed by atoms with van der Waals surface area (Å²) in [4.78, 5) is 78.1. The Hall–Kier alpha value is -5.65. The molecule has 51 heavy (non-hydrogen) atoms. The van der Waals surface area contributed by atoms with Crippen LogP contribution in [-0.4, -0.2) is 111 Å². The lowest BCUT2D eigenvalue weighted by Gasteiger charge is -2.35. The monoisotopic (exact) mass is 740 g/mol. The second-order valence-electron chi connectivity index (χ2n) is 10.7. The zero-order valence-corrected chi connectivity index (χ0v) is 27.5. The largest absolute Gasteiger partial charge is 0.490 e. The van der Waals surface area contributed by atoms with Gasteiger partial charge in [0, 0.05) is 54.8 Å². The van der Waals surface area contributed by atoms with Crippen LogP contribution in [0, 0.1) is 5.92 Å². The molecule has 1 aliphatic rings. The van der Waals surface area contributed by atoms with Gasteiger partial charge in [-0.2, -0.15) is 13.2 Å². The Balaban J connectivity index is 0.000000908. The first kappa shape index (κ1) is 39.8. The summed E-state index contributed by atoms with van der Waals surface area (Å²) >= 11 is 6.14. The molecule has 1 aliphatic heterocycles. The number of fused-ring (bicyclic) bond motifs is 1. The van der Waals surface area contributed by atoms with Crippen LogP contribution in [-0.2, 0) is 23.9 Å². The number of carbonyl (C=O) groups is 6. The van der Waals surface area contributed by atoms with Gasteiger partial charge in [-0.3, -0.25) is 14.4 Å². The second kappa shape index (κ2) is 17.8.